The van der Waals surface area contributed by atoms with Crippen molar-refractivity contribution >= 4 is 5.97 Å². The molecule has 0 amide bonds. The van der Waals surface area contributed by atoms with Gasteiger partial charge in [0.25, 0.3) is 0 Å². The van der Waals surface area contributed by atoms with Crippen LogP contribution in [-0.2, 0) is 17.6 Å². The van der Waals surface area contributed by atoms with E-state index in [9.17, 15) is 4.79 Å². The molecule has 2 aliphatic carbocycles. The molecule has 0 spiro atoms. The smallest absolute Gasteiger partial charge is 0.306 e. The van der Waals surface area contributed by atoms with E-state index < -0.39 is 5.97 Å². The first-order valence-electron chi connectivity index (χ1n) is 8.25. The normalized spacial score (nSPS) is 28.9. The highest BCUT2D eigenvalue weighted by atomic mass is 16.4. The second-order valence-corrected chi connectivity index (χ2v) is 6.67. The molecular formula is C18H25NO2. The van der Waals surface area contributed by atoms with E-state index in [1.54, 1.807) is 0 Å². The largest absolute Gasteiger partial charge is 0.481 e. The zero-order chi connectivity index (χ0) is 14.7. The van der Waals surface area contributed by atoms with Gasteiger partial charge in [0.05, 0.1) is 5.92 Å². The van der Waals surface area contributed by atoms with E-state index >= 15 is 0 Å². The third-order valence-corrected chi connectivity index (χ3v) is 5.24. The van der Waals surface area contributed by atoms with Crippen molar-refractivity contribution in [1.82, 2.24) is 5.32 Å². The molecular weight excluding hydrogens is 262 g/mol. The number of hydrogen-bond donors (Lipinski definition) is 2. The van der Waals surface area contributed by atoms with E-state index in [2.05, 4.69) is 29.6 Å². The van der Waals surface area contributed by atoms with Crippen LogP contribution in [-0.4, -0.2) is 23.7 Å². The molecule has 1 aromatic rings. The van der Waals surface area contributed by atoms with Crippen molar-refractivity contribution in [2.75, 3.05) is 6.54 Å². The fourth-order valence-electron chi connectivity index (χ4n) is 3.82. The van der Waals surface area contributed by atoms with Gasteiger partial charge in [-0.15, -0.1) is 0 Å². The van der Waals surface area contributed by atoms with Crippen LogP contribution in [0.25, 0.3) is 0 Å². The fraction of sp³-hybridized carbons (Fsp3) is 0.611. The Labute approximate surface area is 126 Å². The topological polar surface area (TPSA) is 49.3 Å². The van der Waals surface area contributed by atoms with Crippen LogP contribution in [0.5, 0.6) is 0 Å². The second kappa shape index (κ2) is 6.61. The number of benzene rings is 1. The molecule has 2 N–H and O–H groups in total. The highest BCUT2D eigenvalue weighted by molar-refractivity contribution is 5.69. The maximum atomic E-state index is 11.0. The molecule has 3 nitrogen and oxygen atoms in total. The first-order valence-corrected chi connectivity index (χ1v) is 8.25. The van der Waals surface area contributed by atoms with Crippen molar-refractivity contribution in [3.05, 3.63) is 35.4 Å². The number of aryl methyl sites for hydroxylation is 1. The number of rotatable bonds is 4. The Kier molecular flexibility index (Phi) is 4.59. The van der Waals surface area contributed by atoms with Crippen molar-refractivity contribution in [3.63, 3.8) is 0 Å². The molecule has 0 heterocycles. The molecule has 3 heteroatoms. The summed E-state index contributed by atoms with van der Waals surface area (Å²) in [5.41, 5.74) is 3.01. The van der Waals surface area contributed by atoms with Gasteiger partial charge in [-0.3, -0.25) is 4.79 Å². The third kappa shape index (κ3) is 3.65. The number of fused-ring (bicyclic) bond motifs is 1. The van der Waals surface area contributed by atoms with Gasteiger partial charge < -0.3 is 10.4 Å². The molecule has 1 saturated carbocycles. The second-order valence-electron chi connectivity index (χ2n) is 6.67. The molecule has 3 rings (SSSR count). The number of carbonyl (C=O) groups is 1. The Hall–Kier alpha value is -1.35. The Bertz CT molecular complexity index is 492. The summed E-state index contributed by atoms with van der Waals surface area (Å²) in [6.07, 6.45) is 7.38. The van der Waals surface area contributed by atoms with Crippen molar-refractivity contribution in [2.24, 2.45) is 11.8 Å². The molecule has 1 aromatic carbocycles. The monoisotopic (exact) mass is 287 g/mol. The lowest BCUT2D eigenvalue weighted by atomic mass is 9.81. The minimum Gasteiger partial charge on any atom is -0.481 e. The van der Waals surface area contributed by atoms with Gasteiger partial charge in [-0.2, -0.15) is 0 Å². The SMILES string of the molecule is O=C(O)C1CCC(CNC2CCc3ccccc3C2)CC1. The van der Waals surface area contributed by atoms with E-state index in [4.69, 9.17) is 5.11 Å². The minimum absolute atomic E-state index is 0.0946. The van der Waals surface area contributed by atoms with Gasteiger partial charge in [-0.1, -0.05) is 24.3 Å². The van der Waals surface area contributed by atoms with Crippen LogP contribution in [0, 0.1) is 11.8 Å². The summed E-state index contributed by atoms with van der Waals surface area (Å²) in [5.74, 6) is -0.0362. The van der Waals surface area contributed by atoms with E-state index in [-0.39, 0.29) is 5.92 Å². The van der Waals surface area contributed by atoms with Crippen LogP contribution >= 0.6 is 0 Å². The van der Waals surface area contributed by atoms with E-state index in [1.165, 1.54) is 24.0 Å². The minimum atomic E-state index is -0.606. The zero-order valence-electron chi connectivity index (χ0n) is 12.6. The summed E-state index contributed by atoms with van der Waals surface area (Å²) in [7, 11) is 0. The summed E-state index contributed by atoms with van der Waals surface area (Å²) in [6.45, 7) is 1.05. The molecule has 0 saturated heterocycles. The van der Waals surface area contributed by atoms with Crippen molar-refractivity contribution in [3.8, 4) is 0 Å². The Morgan fingerprint density at radius 3 is 2.52 bits per heavy atom. The number of nitrogens with one attached hydrogen (secondary N) is 1. The van der Waals surface area contributed by atoms with Crippen molar-refractivity contribution < 1.29 is 9.90 Å². The number of aliphatic carboxylic acids is 1. The highest BCUT2D eigenvalue weighted by Crippen LogP contribution is 2.29. The summed E-state index contributed by atoms with van der Waals surface area (Å²) in [4.78, 5) is 11.0. The molecule has 0 aliphatic heterocycles. The van der Waals surface area contributed by atoms with Crippen molar-refractivity contribution in [1.29, 1.82) is 0 Å². The van der Waals surface area contributed by atoms with Gasteiger partial charge in [0.15, 0.2) is 0 Å². The van der Waals surface area contributed by atoms with Crippen LogP contribution in [0.3, 0.4) is 0 Å². The van der Waals surface area contributed by atoms with Crippen LogP contribution in [0.4, 0.5) is 0 Å². The Balaban J connectivity index is 1.44. The van der Waals surface area contributed by atoms with Crippen LogP contribution in [0.15, 0.2) is 24.3 Å². The quantitative estimate of drug-likeness (QED) is 0.895. The van der Waals surface area contributed by atoms with E-state index in [0.717, 1.165) is 38.6 Å². The van der Waals surface area contributed by atoms with Crippen LogP contribution in [0.1, 0.15) is 43.2 Å². The number of carboxylic acids is 1. The Morgan fingerprint density at radius 1 is 1.10 bits per heavy atom. The maximum Gasteiger partial charge on any atom is 0.306 e. The van der Waals surface area contributed by atoms with Gasteiger partial charge in [-0.25, -0.2) is 0 Å². The molecule has 114 valence electrons. The highest BCUT2D eigenvalue weighted by Gasteiger charge is 2.26. The fourth-order valence-corrected chi connectivity index (χ4v) is 3.82. The van der Waals surface area contributed by atoms with E-state index in [0.29, 0.717) is 12.0 Å². The number of carboxylic acid groups (broad SMARTS) is 1. The summed E-state index contributed by atoms with van der Waals surface area (Å²) < 4.78 is 0. The van der Waals surface area contributed by atoms with Gasteiger partial charge >= 0.3 is 5.97 Å². The lowest BCUT2D eigenvalue weighted by molar-refractivity contribution is -0.143. The van der Waals surface area contributed by atoms with Crippen LogP contribution in [0.2, 0.25) is 0 Å². The molecule has 1 unspecified atom stereocenters. The molecule has 0 bridgehead atoms. The molecule has 21 heavy (non-hydrogen) atoms. The van der Waals surface area contributed by atoms with Gasteiger partial charge in [0.1, 0.15) is 0 Å². The first kappa shape index (κ1) is 14.6. The molecule has 1 fully saturated rings. The molecule has 2 aliphatic rings. The molecule has 0 radical (unpaired) electrons. The molecule has 0 aromatic heterocycles. The van der Waals surface area contributed by atoms with Gasteiger partial charge in [0, 0.05) is 6.04 Å². The predicted octanol–water partition coefficient (Wildman–Crippen LogP) is 3.02. The third-order valence-electron chi connectivity index (χ3n) is 5.24. The summed E-state index contributed by atoms with van der Waals surface area (Å²) >= 11 is 0. The lowest BCUT2D eigenvalue weighted by Gasteiger charge is -2.30. The average molecular weight is 287 g/mol. The average Bonchev–Trinajstić information content (AvgIpc) is 2.53. The lowest BCUT2D eigenvalue weighted by Crippen LogP contribution is -2.38. The van der Waals surface area contributed by atoms with Gasteiger partial charge in [-0.05, 0) is 68.5 Å². The number of hydrogen-bond acceptors (Lipinski definition) is 2. The van der Waals surface area contributed by atoms with Crippen molar-refractivity contribution in [2.45, 2.75) is 51.0 Å². The van der Waals surface area contributed by atoms with E-state index in [1.807, 2.05) is 0 Å². The summed E-state index contributed by atoms with van der Waals surface area (Å²) in [5, 5.41) is 12.8. The maximum absolute atomic E-state index is 11.0. The Morgan fingerprint density at radius 2 is 1.81 bits per heavy atom. The standard InChI is InChI=1S/C18H25NO2/c20-18(21)15-7-5-13(6-8-15)12-19-17-10-9-14-3-1-2-4-16(14)11-17/h1-4,13,15,17,19H,5-12H2,(H,20,21). The predicted molar refractivity (Wildman–Crippen MR) is 83.3 cm³/mol. The first-order chi connectivity index (χ1) is 10.2. The molecule has 1 atom stereocenters. The van der Waals surface area contributed by atoms with Crippen LogP contribution < -0.4 is 5.32 Å². The summed E-state index contributed by atoms with van der Waals surface area (Å²) in [6, 6.07) is 9.36. The zero-order valence-corrected chi connectivity index (χ0v) is 12.6. The van der Waals surface area contributed by atoms with Gasteiger partial charge in [0.2, 0.25) is 0 Å².